The average Bonchev–Trinajstić information content (AvgIpc) is 2.68. The number of pyridine rings is 1. The molecule has 0 saturated heterocycles. The van der Waals surface area contributed by atoms with Gasteiger partial charge in [0.2, 0.25) is 0 Å². The Kier molecular flexibility index (Phi) is 2.89. The Morgan fingerprint density at radius 3 is 2.67 bits per heavy atom. The number of fused-ring (bicyclic) bond motifs is 1. The molecular formula is C10H6F3NO3S. The molecule has 0 aromatic carbocycles. The van der Waals surface area contributed by atoms with Crippen molar-refractivity contribution in [2.24, 2.45) is 0 Å². The second-order valence-electron chi connectivity index (χ2n) is 3.40. The van der Waals surface area contributed by atoms with Crippen molar-refractivity contribution in [3.8, 4) is 0 Å². The molecule has 0 saturated carbocycles. The Bertz CT molecular complexity index is 621. The molecule has 0 radical (unpaired) electrons. The van der Waals surface area contributed by atoms with Gasteiger partial charge in [0.05, 0.1) is 7.11 Å². The molecule has 0 aliphatic rings. The SMILES string of the molecule is COC(=O)c1cc2cc(C(F)(F)F)[n+]([O-])cc2s1. The number of methoxy groups -OCH3 is 1. The van der Waals surface area contributed by atoms with E-state index in [0.717, 1.165) is 17.5 Å². The molecule has 0 unspecified atom stereocenters. The largest absolute Gasteiger partial charge is 0.618 e. The van der Waals surface area contributed by atoms with E-state index in [1.54, 1.807) is 0 Å². The lowest BCUT2D eigenvalue weighted by molar-refractivity contribution is -0.627. The van der Waals surface area contributed by atoms with Crippen molar-refractivity contribution >= 4 is 27.4 Å². The molecule has 0 atom stereocenters. The van der Waals surface area contributed by atoms with Crippen LogP contribution in [0.4, 0.5) is 13.2 Å². The number of hydrogen-bond donors (Lipinski definition) is 0. The summed E-state index contributed by atoms with van der Waals surface area (Å²) < 4.78 is 42.0. The first-order valence-corrected chi connectivity index (χ1v) is 5.47. The van der Waals surface area contributed by atoms with Crippen molar-refractivity contribution in [2.75, 3.05) is 7.11 Å². The number of nitrogens with zero attached hydrogens (tertiary/aromatic N) is 1. The molecule has 2 aromatic rings. The molecule has 2 rings (SSSR count). The molecule has 0 amide bonds. The lowest BCUT2D eigenvalue weighted by Crippen LogP contribution is -2.36. The van der Waals surface area contributed by atoms with Crippen LogP contribution in [0.3, 0.4) is 0 Å². The third kappa shape index (κ3) is 2.10. The van der Waals surface area contributed by atoms with Crippen molar-refractivity contribution < 1.29 is 27.4 Å². The third-order valence-electron chi connectivity index (χ3n) is 2.23. The van der Waals surface area contributed by atoms with Gasteiger partial charge in [0.1, 0.15) is 9.58 Å². The van der Waals surface area contributed by atoms with Gasteiger partial charge >= 0.3 is 12.1 Å². The van der Waals surface area contributed by atoms with Crippen molar-refractivity contribution in [1.29, 1.82) is 0 Å². The highest BCUT2D eigenvalue weighted by Crippen LogP contribution is 2.31. The standard InChI is InChI=1S/C10H6F3NO3S/c1-17-9(15)6-2-5-3-8(10(11,12)13)14(16)4-7(5)18-6/h2-4H,1H3. The van der Waals surface area contributed by atoms with E-state index in [1.807, 2.05) is 0 Å². The van der Waals surface area contributed by atoms with Crippen LogP contribution in [0, 0.1) is 5.21 Å². The molecule has 0 aliphatic heterocycles. The van der Waals surface area contributed by atoms with Crippen LogP contribution in [0.1, 0.15) is 15.4 Å². The normalized spacial score (nSPS) is 11.8. The van der Waals surface area contributed by atoms with Crippen molar-refractivity contribution in [3.63, 3.8) is 0 Å². The fourth-order valence-electron chi connectivity index (χ4n) is 1.43. The van der Waals surface area contributed by atoms with Gasteiger partial charge in [-0.1, -0.05) is 0 Å². The zero-order valence-electron chi connectivity index (χ0n) is 8.95. The quantitative estimate of drug-likeness (QED) is 0.456. The van der Waals surface area contributed by atoms with Gasteiger partial charge in [0.25, 0.3) is 5.69 Å². The van der Waals surface area contributed by atoms with Gasteiger partial charge in [-0.15, -0.1) is 11.3 Å². The Labute approximate surface area is 103 Å². The van der Waals surface area contributed by atoms with Crippen molar-refractivity contribution in [1.82, 2.24) is 0 Å². The number of esters is 1. The maximum absolute atomic E-state index is 12.5. The molecule has 18 heavy (non-hydrogen) atoms. The first-order chi connectivity index (χ1) is 8.32. The summed E-state index contributed by atoms with van der Waals surface area (Å²) >= 11 is 0.901. The lowest BCUT2D eigenvalue weighted by Gasteiger charge is -2.06. The summed E-state index contributed by atoms with van der Waals surface area (Å²) in [5.74, 6) is -0.651. The Morgan fingerprint density at radius 2 is 2.11 bits per heavy atom. The molecule has 2 aromatic heterocycles. The van der Waals surface area contributed by atoms with Crippen LogP contribution in [0.25, 0.3) is 10.1 Å². The number of hydrogen-bond acceptors (Lipinski definition) is 4. The zero-order valence-corrected chi connectivity index (χ0v) is 9.76. The third-order valence-corrected chi connectivity index (χ3v) is 3.30. The second-order valence-corrected chi connectivity index (χ2v) is 4.49. The number of thiophene rings is 1. The van der Waals surface area contributed by atoms with Gasteiger partial charge < -0.3 is 9.94 Å². The van der Waals surface area contributed by atoms with Crippen LogP contribution in [0.5, 0.6) is 0 Å². The summed E-state index contributed by atoms with van der Waals surface area (Å²) in [4.78, 5) is 11.4. The van der Waals surface area contributed by atoms with Gasteiger partial charge in [-0.25, -0.2) is 4.79 Å². The summed E-state index contributed by atoms with van der Waals surface area (Å²) in [6.07, 6.45) is -3.93. The van der Waals surface area contributed by atoms with E-state index in [9.17, 15) is 23.2 Å². The fraction of sp³-hybridized carbons (Fsp3) is 0.200. The summed E-state index contributed by atoms with van der Waals surface area (Å²) in [5.41, 5.74) is -1.32. The highest BCUT2D eigenvalue weighted by molar-refractivity contribution is 7.20. The van der Waals surface area contributed by atoms with Gasteiger partial charge in [0, 0.05) is 11.5 Å². The van der Waals surface area contributed by atoms with E-state index in [1.165, 1.54) is 13.2 Å². The first kappa shape index (κ1) is 12.6. The number of aromatic nitrogens is 1. The van der Waals surface area contributed by atoms with E-state index >= 15 is 0 Å². The Hall–Kier alpha value is -1.83. The molecule has 0 aliphatic carbocycles. The summed E-state index contributed by atoms with van der Waals surface area (Å²) in [5, 5.41) is 11.4. The number of halogens is 3. The van der Waals surface area contributed by atoms with Crippen LogP contribution in [0.15, 0.2) is 18.3 Å². The highest BCUT2D eigenvalue weighted by atomic mass is 32.1. The van der Waals surface area contributed by atoms with E-state index in [0.29, 0.717) is 10.8 Å². The minimum absolute atomic E-state index is 0.145. The van der Waals surface area contributed by atoms with Crippen molar-refractivity contribution in [3.05, 3.63) is 34.1 Å². The predicted octanol–water partition coefficient (Wildman–Crippen LogP) is 2.34. The highest BCUT2D eigenvalue weighted by Gasteiger charge is 2.40. The van der Waals surface area contributed by atoms with Crippen molar-refractivity contribution in [2.45, 2.75) is 6.18 Å². The summed E-state index contributed by atoms with van der Waals surface area (Å²) in [6, 6.07) is 1.98. The van der Waals surface area contributed by atoms with E-state index in [-0.39, 0.29) is 15.0 Å². The molecule has 8 heteroatoms. The van der Waals surface area contributed by atoms with Crippen LogP contribution < -0.4 is 4.73 Å². The van der Waals surface area contributed by atoms with Crippen LogP contribution in [-0.2, 0) is 10.9 Å². The maximum atomic E-state index is 12.5. The van der Waals surface area contributed by atoms with Crippen LogP contribution in [0.2, 0.25) is 0 Å². The van der Waals surface area contributed by atoms with Gasteiger partial charge in [-0.05, 0) is 6.07 Å². The smallest absolute Gasteiger partial charge is 0.478 e. The lowest BCUT2D eigenvalue weighted by atomic mass is 10.2. The monoisotopic (exact) mass is 277 g/mol. The number of ether oxygens (including phenoxy) is 1. The van der Waals surface area contributed by atoms with Gasteiger partial charge in [0.15, 0.2) is 6.20 Å². The van der Waals surface area contributed by atoms with E-state index in [4.69, 9.17) is 0 Å². The average molecular weight is 277 g/mol. The van der Waals surface area contributed by atoms with E-state index in [2.05, 4.69) is 4.74 Å². The molecule has 0 fully saturated rings. The number of carbonyl (C=O) groups is 1. The molecule has 0 bridgehead atoms. The first-order valence-electron chi connectivity index (χ1n) is 4.65. The number of alkyl halides is 3. The van der Waals surface area contributed by atoms with E-state index < -0.39 is 17.8 Å². The van der Waals surface area contributed by atoms with Gasteiger partial charge in [-0.3, -0.25) is 0 Å². The predicted molar refractivity (Wildman–Crippen MR) is 57.1 cm³/mol. The second kappa shape index (κ2) is 4.13. The van der Waals surface area contributed by atoms with Crippen LogP contribution in [-0.4, -0.2) is 13.1 Å². The zero-order chi connectivity index (χ0) is 13.5. The minimum atomic E-state index is -4.73. The topological polar surface area (TPSA) is 53.2 Å². The molecule has 4 nitrogen and oxygen atoms in total. The summed E-state index contributed by atoms with van der Waals surface area (Å²) in [7, 11) is 1.17. The molecule has 2 heterocycles. The molecule has 96 valence electrons. The molecule has 0 spiro atoms. The molecular weight excluding hydrogens is 271 g/mol. The van der Waals surface area contributed by atoms with Crippen LogP contribution >= 0.6 is 11.3 Å². The maximum Gasteiger partial charge on any atom is 0.478 e. The molecule has 0 N–H and O–H groups in total. The summed E-state index contributed by atoms with van der Waals surface area (Å²) in [6.45, 7) is 0. The minimum Gasteiger partial charge on any atom is -0.618 e. The van der Waals surface area contributed by atoms with Gasteiger partial charge in [-0.2, -0.15) is 17.9 Å². The Balaban J connectivity index is 2.61. The number of carbonyl (C=O) groups excluding carboxylic acids is 1. The fourth-order valence-corrected chi connectivity index (χ4v) is 2.40. The Morgan fingerprint density at radius 1 is 1.44 bits per heavy atom. The number of rotatable bonds is 1.